The van der Waals surface area contributed by atoms with Gasteiger partial charge in [-0.25, -0.2) is 4.98 Å². The first-order valence-corrected chi connectivity index (χ1v) is 8.65. The fourth-order valence-corrected chi connectivity index (χ4v) is 3.48. The van der Waals surface area contributed by atoms with Gasteiger partial charge in [-0.1, -0.05) is 24.3 Å². The minimum atomic E-state index is -0.702. The van der Waals surface area contributed by atoms with Gasteiger partial charge in [0, 0.05) is 22.7 Å². The van der Waals surface area contributed by atoms with Crippen LogP contribution in [-0.4, -0.2) is 27.8 Å². The van der Waals surface area contributed by atoms with Gasteiger partial charge < -0.3 is 10.3 Å². The highest BCUT2D eigenvalue weighted by molar-refractivity contribution is 6.26. The van der Waals surface area contributed by atoms with E-state index in [1.54, 1.807) is 19.9 Å². The maximum absolute atomic E-state index is 12.9. The number of hydrogen-bond donors (Lipinski definition) is 2. The fourth-order valence-electron chi connectivity index (χ4n) is 3.48. The Morgan fingerprint density at radius 1 is 1.22 bits per heavy atom. The van der Waals surface area contributed by atoms with Crippen LogP contribution in [0.2, 0.25) is 0 Å². The molecule has 0 bridgehead atoms. The van der Waals surface area contributed by atoms with E-state index in [4.69, 9.17) is 0 Å². The molecule has 1 aromatic heterocycles. The average molecular weight is 362 g/mol. The van der Waals surface area contributed by atoms with Crippen LogP contribution in [0.1, 0.15) is 28.8 Å². The number of anilines is 1. The lowest BCUT2D eigenvalue weighted by Crippen LogP contribution is -2.46. The first-order valence-electron chi connectivity index (χ1n) is 8.65. The largest absolute Gasteiger partial charge is 0.347 e. The summed E-state index contributed by atoms with van der Waals surface area (Å²) in [5.74, 6) is -0.137. The van der Waals surface area contributed by atoms with Crippen LogP contribution in [0.15, 0.2) is 47.3 Å². The molecule has 136 valence electrons. The molecule has 0 saturated heterocycles. The van der Waals surface area contributed by atoms with Crippen LogP contribution in [0, 0.1) is 6.92 Å². The van der Waals surface area contributed by atoms with Crippen molar-refractivity contribution in [2.45, 2.75) is 26.4 Å². The Kier molecular flexibility index (Phi) is 3.99. The van der Waals surface area contributed by atoms with Crippen molar-refractivity contribution in [3.05, 3.63) is 69.9 Å². The molecular formula is C20H18N4O3. The highest BCUT2D eigenvalue weighted by Gasteiger charge is 2.35. The molecule has 2 aromatic carbocycles. The van der Waals surface area contributed by atoms with Crippen molar-refractivity contribution in [1.82, 2.24) is 15.3 Å². The summed E-state index contributed by atoms with van der Waals surface area (Å²) in [5.41, 5.74) is 1.65. The van der Waals surface area contributed by atoms with E-state index in [0.717, 1.165) is 16.5 Å². The van der Waals surface area contributed by atoms with E-state index >= 15 is 0 Å². The highest BCUT2D eigenvalue weighted by atomic mass is 16.2. The third-order valence-corrected chi connectivity index (χ3v) is 4.71. The van der Waals surface area contributed by atoms with E-state index in [0.29, 0.717) is 17.1 Å². The predicted octanol–water partition coefficient (Wildman–Crippen LogP) is 1.90. The maximum atomic E-state index is 12.9. The number of hydrogen-bond acceptors (Lipinski definition) is 4. The Morgan fingerprint density at radius 3 is 2.70 bits per heavy atom. The second-order valence-corrected chi connectivity index (χ2v) is 6.58. The molecule has 1 aliphatic heterocycles. The van der Waals surface area contributed by atoms with Gasteiger partial charge in [0.15, 0.2) is 0 Å². The minimum Gasteiger partial charge on any atom is -0.347 e. The lowest BCUT2D eigenvalue weighted by atomic mass is 10.1. The van der Waals surface area contributed by atoms with Crippen LogP contribution in [0.3, 0.4) is 0 Å². The number of nitrogens with zero attached hydrogens (tertiary/aromatic N) is 2. The summed E-state index contributed by atoms with van der Waals surface area (Å²) in [6, 6.07) is 11.9. The quantitative estimate of drug-likeness (QED) is 0.741. The highest BCUT2D eigenvalue weighted by Crippen LogP contribution is 2.38. The molecular weight excluding hydrogens is 344 g/mol. The maximum Gasteiger partial charge on any atom is 0.259 e. The molecule has 0 unspecified atom stereocenters. The first kappa shape index (κ1) is 17.0. The van der Waals surface area contributed by atoms with Crippen LogP contribution < -0.4 is 15.8 Å². The molecule has 2 N–H and O–H groups in total. The molecule has 27 heavy (non-hydrogen) atoms. The number of carbonyl (C=O) groups excluding carboxylic acids is 2. The van der Waals surface area contributed by atoms with Crippen molar-refractivity contribution in [1.29, 1.82) is 0 Å². The summed E-state index contributed by atoms with van der Waals surface area (Å²) in [5, 5.41) is 4.58. The number of rotatable bonds is 4. The van der Waals surface area contributed by atoms with E-state index in [1.807, 2.05) is 30.3 Å². The van der Waals surface area contributed by atoms with Crippen LogP contribution >= 0.6 is 0 Å². The zero-order chi connectivity index (χ0) is 19.1. The van der Waals surface area contributed by atoms with Crippen molar-refractivity contribution in [3.63, 3.8) is 0 Å². The Balaban J connectivity index is 1.57. The number of H-pyrrole nitrogens is 1. The van der Waals surface area contributed by atoms with Gasteiger partial charge in [-0.05, 0) is 31.4 Å². The van der Waals surface area contributed by atoms with Crippen LogP contribution in [-0.2, 0) is 11.3 Å². The predicted molar refractivity (Wildman–Crippen MR) is 102 cm³/mol. The molecule has 0 spiro atoms. The monoisotopic (exact) mass is 362 g/mol. The fraction of sp³-hybridized carbons (Fsp3) is 0.200. The van der Waals surface area contributed by atoms with Gasteiger partial charge in [-0.3, -0.25) is 19.3 Å². The lowest BCUT2D eigenvalue weighted by Gasteiger charge is -2.24. The van der Waals surface area contributed by atoms with Crippen molar-refractivity contribution in [2.24, 2.45) is 0 Å². The van der Waals surface area contributed by atoms with Crippen molar-refractivity contribution >= 4 is 28.3 Å². The molecule has 2 amide bonds. The molecule has 0 saturated carbocycles. The zero-order valence-corrected chi connectivity index (χ0v) is 14.9. The second kappa shape index (κ2) is 6.35. The van der Waals surface area contributed by atoms with E-state index < -0.39 is 6.04 Å². The third-order valence-electron chi connectivity index (χ3n) is 4.71. The van der Waals surface area contributed by atoms with Gasteiger partial charge in [0.05, 0.1) is 12.2 Å². The number of aryl methyl sites for hydroxylation is 1. The van der Waals surface area contributed by atoms with Gasteiger partial charge in [0.25, 0.3) is 11.5 Å². The number of aromatic nitrogens is 2. The SMILES string of the molecule is Cc1cc(=O)[nH]c(CNC(=O)[C@@H](C)N2C(=O)c3cccc4cccc2c34)n1. The Bertz CT molecular complexity index is 1130. The minimum absolute atomic E-state index is 0.0826. The second-order valence-electron chi connectivity index (χ2n) is 6.58. The number of benzene rings is 2. The smallest absolute Gasteiger partial charge is 0.259 e. The zero-order valence-electron chi connectivity index (χ0n) is 14.9. The van der Waals surface area contributed by atoms with Crippen LogP contribution in [0.4, 0.5) is 5.69 Å². The van der Waals surface area contributed by atoms with E-state index in [9.17, 15) is 14.4 Å². The first-order chi connectivity index (χ1) is 13.0. The number of carbonyl (C=O) groups is 2. The molecule has 3 aromatic rings. The van der Waals surface area contributed by atoms with Crippen LogP contribution in [0.25, 0.3) is 10.8 Å². The molecule has 7 nitrogen and oxygen atoms in total. The van der Waals surface area contributed by atoms with Crippen LogP contribution in [0.5, 0.6) is 0 Å². The Labute approximate surface area is 155 Å². The van der Waals surface area contributed by atoms with Crippen molar-refractivity contribution in [2.75, 3.05) is 4.90 Å². The van der Waals surface area contributed by atoms with Crippen molar-refractivity contribution < 1.29 is 9.59 Å². The van der Waals surface area contributed by atoms with Gasteiger partial charge in [0.2, 0.25) is 5.91 Å². The van der Waals surface area contributed by atoms with Gasteiger partial charge in [-0.2, -0.15) is 0 Å². The Morgan fingerprint density at radius 2 is 1.96 bits per heavy atom. The van der Waals surface area contributed by atoms with Gasteiger partial charge >= 0.3 is 0 Å². The molecule has 1 atom stereocenters. The van der Waals surface area contributed by atoms with E-state index in [2.05, 4.69) is 15.3 Å². The molecule has 0 radical (unpaired) electrons. The van der Waals surface area contributed by atoms with E-state index in [-0.39, 0.29) is 23.9 Å². The molecule has 4 rings (SSSR count). The lowest BCUT2D eigenvalue weighted by molar-refractivity contribution is -0.122. The van der Waals surface area contributed by atoms with Crippen molar-refractivity contribution in [3.8, 4) is 0 Å². The molecule has 0 fully saturated rings. The van der Waals surface area contributed by atoms with Gasteiger partial charge in [0.1, 0.15) is 11.9 Å². The number of amides is 2. The standard InChI is InChI=1S/C20H18N4O3/c1-11-9-17(25)23-16(22-11)10-21-19(26)12(2)24-15-8-4-6-13-5-3-7-14(18(13)15)20(24)27/h3-9,12H,10H2,1-2H3,(H,21,26)(H,22,23,25)/t12-/m1/s1. The third kappa shape index (κ3) is 2.87. The summed E-state index contributed by atoms with van der Waals surface area (Å²) < 4.78 is 0. The molecule has 2 heterocycles. The summed E-state index contributed by atoms with van der Waals surface area (Å²) in [4.78, 5) is 45.3. The molecule has 0 aliphatic carbocycles. The summed E-state index contributed by atoms with van der Waals surface area (Å²) in [7, 11) is 0. The summed E-state index contributed by atoms with van der Waals surface area (Å²) in [6.07, 6.45) is 0. The topological polar surface area (TPSA) is 95.2 Å². The molecule has 1 aliphatic rings. The normalized spacial score (nSPS) is 13.9. The number of nitrogens with one attached hydrogen (secondary N) is 2. The van der Waals surface area contributed by atoms with E-state index in [1.165, 1.54) is 11.0 Å². The Hall–Kier alpha value is -3.48. The summed E-state index contributed by atoms with van der Waals surface area (Å²) >= 11 is 0. The number of aromatic amines is 1. The van der Waals surface area contributed by atoms with Gasteiger partial charge in [-0.15, -0.1) is 0 Å². The molecule has 7 heteroatoms. The average Bonchev–Trinajstić information content (AvgIpc) is 2.93. The summed E-state index contributed by atoms with van der Waals surface area (Å²) in [6.45, 7) is 3.48.